The molecular formula is C9H10N4. The average molecular weight is 174 g/mol. The van der Waals surface area contributed by atoms with Gasteiger partial charge in [0.05, 0.1) is 6.54 Å². The molecule has 4 heteroatoms. The van der Waals surface area contributed by atoms with Gasteiger partial charge in [0.25, 0.3) is 0 Å². The van der Waals surface area contributed by atoms with Gasteiger partial charge >= 0.3 is 0 Å². The molecule has 0 unspecified atom stereocenters. The van der Waals surface area contributed by atoms with Gasteiger partial charge in [-0.1, -0.05) is 29.8 Å². The van der Waals surface area contributed by atoms with E-state index in [9.17, 15) is 0 Å². The summed E-state index contributed by atoms with van der Waals surface area (Å²) in [6.45, 7) is 2.80. The molecule has 4 nitrogen and oxygen atoms in total. The monoisotopic (exact) mass is 174 g/mol. The van der Waals surface area contributed by atoms with Crippen LogP contribution in [0.2, 0.25) is 0 Å². The van der Waals surface area contributed by atoms with E-state index in [-0.39, 0.29) is 0 Å². The maximum Gasteiger partial charge on any atom is 0.138 e. The molecule has 1 aromatic carbocycles. The van der Waals surface area contributed by atoms with Crippen LogP contribution in [-0.2, 0) is 6.54 Å². The van der Waals surface area contributed by atoms with E-state index < -0.39 is 0 Å². The Morgan fingerprint density at radius 1 is 1.23 bits per heavy atom. The van der Waals surface area contributed by atoms with Crippen LogP contribution in [0.3, 0.4) is 0 Å². The molecule has 66 valence electrons. The van der Waals surface area contributed by atoms with Crippen molar-refractivity contribution >= 4 is 0 Å². The summed E-state index contributed by atoms with van der Waals surface area (Å²) in [6, 6.07) is 8.33. The van der Waals surface area contributed by atoms with Gasteiger partial charge in [0.1, 0.15) is 6.33 Å². The van der Waals surface area contributed by atoms with Crippen molar-refractivity contribution in [2.45, 2.75) is 13.5 Å². The molecule has 0 bridgehead atoms. The first-order valence-corrected chi connectivity index (χ1v) is 4.11. The third kappa shape index (κ3) is 1.90. The molecule has 0 spiro atoms. The Hall–Kier alpha value is -1.71. The zero-order valence-electron chi connectivity index (χ0n) is 7.38. The number of tetrazole rings is 1. The fourth-order valence-electron chi connectivity index (χ4n) is 1.13. The van der Waals surface area contributed by atoms with Crippen LogP contribution >= 0.6 is 0 Å². The zero-order valence-corrected chi connectivity index (χ0v) is 7.38. The molecule has 0 atom stereocenters. The van der Waals surface area contributed by atoms with Crippen LogP contribution < -0.4 is 0 Å². The minimum absolute atomic E-state index is 0.729. The van der Waals surface area contributed by atoms with Crippen LogP contribution in [0.25, 0.3) is 0 Å². The van der Waals surface area contributed by atoms with Crippen LogP contribution in [0, 0.1) is 6.92 Å². The minimum atomic E-state index is 0.729. The summed E-state index contributed by atoms with van der Waals surface area (Å²) >= 11 is 0. The van der Waals surface area contributed by atoms with E-state index >= 15 is 0 Å². The summed E-state index contributed by atoms with van der Waals surface area (Å²) in [5, 5.41) is 10.9. The smallest absolute Gasteiger partial charge is 0.138 e. The van der Waals surface area contributed by atoms with Gasteiger partial charge < -0.3 is 0 Å². The number of aromatic nitrogens is 4. The van der Waals surface area contributed by atoms with Crippen molar-refractivity contribution < 1.29 is 0 Å². The number of hydrogen-bond donors (Lipinski definition) is 0. The summed E-state index contributed by atoms with van der Waals surface area (Å²) in [5.74, 6) is 0. The van der Waals surface area contributed by atoms with Crippen LogP contribution in [0.5, 0.6) is 0 Å². The second-order valence-electron chi connectivity index (χ2n) is 2.99. The first kappa shape index (κ1) is 7.91. The van der Waals surface area contributed by atoms with Gasteiger partial charge in [-0.3, -0.25) is 0 Å². The summed E-state index contributed by atoms with van der Waals surface area (Å²) < 4.78 is 1.70. The Balaban J connectivity index is 2.15. The van der Waals surface area contributed by atoms with Gasteiger partial charge in [-0.25, -0.2) is 4.68 Å². The number of hydrogen-bond acceptors (Lipinski definition) is 3. The SMILES string of the molecule is Cc1ccc(Cn2cnnn2)cc1. The van der Waals surface area contributed by atoms with Crippen LogP contribution in [0.4, 0.5) is 0 Å². The molecule has 0 radical (unpaired) electrons. The van der Waals surface area contributed by atoms with E-state index in [0.29, 0.717) is 0 Å². The Bertz CT molecular complexity index is 363. The molecule has 0 saturated carbocycles. The minimum Gasteiger partial charge on any atom is -0.228 e. The molecule has 1 aromatic heterocycles. The normalized spacial score (nSPS) is 10.2. The Morgan fingerprint density at radius 3 is 2.62 bits per heavy atom. The Labute approximate surface area is 76.2 Å². The topological polar surface area (TPSA) is 43.6 Å². The molecule has 0 saturated heterocycles. The quantitative estimate of drug-likeness (QED) is 0.683. The van der Waals surface area contributed by atoms with Gasteiger partial charge in [-0.15, -0.1) is 5.10 Å². The number of aryl methyl sites for hydroxylation is 1. The molecule has 0 N–H and O–H groups in total. The molecule has 0 aliphatic heterocycles. The summed E-state index contributed by atoms with van der Waals surface area (Å²) in [7, 11) is 0. The van der Waals surface area contributed by atoms with Crippen molar-refractivity contribution in [2.24, 2.45) is 0 Å². The van der Waals surface area contributed by atoms with E-state index in [2.05, 4.69) is 46.7 Å². The molecular weight excluding hydrogens is 164 g/mol. The van der Waals surface area contributed by atoms with Crippen molar-refractivity contribution in [3.63, 3.8) is 0 Å². The molecule has 2 aromatic rings. The van der Waals surface area contributed by atoms with Crippen LogP contribution in [-0.4, -0.2) is 20.2 Å². The third-order valence-electron chi connectivity index (χ3n) is 1.86. The summed E-state index contributed by atoms with van der Waals surface area (Å²) in [5.41, 5.74) is 2.47. The second kappa shape index (κ2) is 3.35. The Morgan fingerprint density at radius 2 is 2.00 bits per heavy atom. The predicted molar refractivity (Wildman–Crippen MR) is 48.1 cm³/mol. The van der Waals surface area contributed by atoms with Crippen LogP contribution in [0.15, 0.2) is 30.6 Å². The fourth-order valence-corrected chi connectivity index (χ4v) is 1.13. The summed E-state index contributed by atoms with van der Waals surface area (Å²) in [6.07, 6.45) is 1.61. The average Bonchev–Trinajstić information content (AvgIpc) is 2.62. The van der Waals surface area contributed by atoms with Gasteiger partial charge in [0.2, 0.25) is 0 Å². The molecule has 0 amide bonds. The lowest BCUT2D eigenvalue weighted by atomic mass is 10.1. The lowest BCUT2D eigenvalue weighted by Gasteiger charge is -1.99. The molecule has 0 fully saturated rings. The highest BCUT2D eigenvalue weighted by molar-refractivity contribution is 5.21. The first-order valence-electron chi connectivity index (χ1n) is 4.11. The van der Waals surface area contributed by atoms with Gasteiger partial charge in [-0.05, 0) is 22.9 Å². The lowest BCUT2D eigenvalue weighted by molar-refractivity contribution is 0.648. The van der Waals surface area contributed by atoms with Gasteiger partial charge in [0.15, 0.2) is 0 Å². The van der Waals surface area contributed by atoms with E-state index in [1.807, 2.05) is 0 Å². The van der Waals surface area contributed by atoms with E-state index in [0.717, 1.165) is 6.54 Å². The van der Waals surface area contributed by atoms with Gasteiger partial charge in [-0.2, -0.15) is 0 Å². The first-order chi connectivity index (χ1) is 6.34. The fraction of sp³-hybridized carbons (Fsp3) is 0.222. The summed E-state index contributed by atoms with van der Waals surface area (Å²) in [4.78, 5) is 0. The van der Waals surface area contributed by atoms with Crippen molar-refractivity contribution in [1.29, 1.82) is 0 Å². The lowest BCUT2D eigenvalue weighted by Crippen LogP contribution is -2.00. The van der Waals surface area contributed by atoms with E-state index in [1.54, 1.807) is 11.0 Å². The zero-order chi connectivity index (χ0) is 9.10. The number of rotatable bonds is 2. The molecule has 13 heavy (non-hydrogen) atoms. The van der Waals surface area contributed by atoms with E-state index in [1.165, 1.54) is 11.1 Å². The molecule has 0 aliphatic carbocycles. The second-order valence-corrected chi connectivity index (χ2v) is 2.99. The largest absolute Gasteiger partial charge is 0.228 e. The highest BCUT2D eigenvalue weighted by Crippen LogP contribution is 2.03. The van der Waals surface area contributed by atoms with Crippen molar-refractivity contribution in [1.82, 2.24) is 20.2 Å². The standard InChI is InChI=1S/C9H10N4/c1-8-2-4-9(5-3-8)6-13-7-10-11-12-13/h2-5,7H,6H2,1H3. The third-order valence-corrected chi connectivity index (χ3v) is 1.86. The highest BCUT2D eigenvalue weighted by atomic mass is 15.5. The number of benzene rings is 1. The maximum absolute atomic E-state index is 3.79. The van der Waals surface area contributed by atoms with Gasteiger partial charge in [0, 0.05) is 0 Å². The highest BCUT2D eigenvalue weighted by Gasteiger charge is 1.94. The molecule has 0 aliphatic rings. The molecule has 1 heterocycles. The predicted octanol–water partition coefficient (Wildman–Crippen LogP) is 1.03. The van der Waals surface area contributed by atoms with Crippen LogP contribution in [0.1, 0.15) is 11.1 Å². The number of nitrogens with zero attached hydrogens (tertiary/aromatic N) is 4. The van der Waals surface area contributed by atoms with E-state index in [4.69, 9.17) is 0 Å². The maximum atomic E-state index is 3.79. The molecule has 2 rings (SSSR count). The Kier molecular flexibility index (Phi) is 2.04. The van der Waals surface area contributed by atoms with Crippen molar-refractivity contribution in [3.05, 3.63) is 41.7 Å². The van der Waals surface area contributed by atoms with Crippen molar-refractivity contribution in [2.75, 3.05) is 0 Å². The van der Waals surface area contributed by atoms with Crippen molar-refractivity contribution in [3.8, 4) is 0 Å².